The molecular formula is C24H23Cl3O8. The number of benzene rings is 2. The first-order chi connectivity index (χ1) is 16.6. The average Bonchev–Trinajstić information content (AvgIpc) is 2.81. The lowest BCUT2D eigenvalue weighted by Gasteiger charge is -2.11. The van der Waals surface area contributed by atoms with Crippen LogP contribution in [0.4, 0.5) is 9.59 Å². The second-order valence-corrected chi connectivity index (χ2v) is 9.69. The van der Waals surface area contributed by atoms with Crippen LogP contribution in [0.1, 0.15) is 53.3 Å². The largest absolute Gasteiger partial charge is 0.513 e. The van der Waals surface area contributed by atoms with E-state index in [0.717, 1.165) is 0 Å². The fraction of sp³-hybridized carbons (Fsp3) is 0.333. The predicted molar refractivity (Wildman–Crippen MR) is 130 cm³/mol. The summed E-state index contributed by atoms with van der Waals surface area (Å²) in [6, 6.07) is 12.3. The van der Waals surface area contributed by atoms with Crippen LogP contribution >= 0.6 is 34.8 Å². The summed E-state index contributed by atoms with van der Waals surface area (Å²) < 4.78 is 18.0. The molecule has 2 rings (SSSR count). The second-order valence-electron chi connectivity index (χ2n) is 7.17. The first-order valence-corrected chi connectivity index (χ1v) is 11.7. The van der Waals surface area contributed by atoms with E-state index in [1.807, 2.05) is 0 Å². The molecule has 0 N–H and O–H groups in total. The molecule has 0 aromatic heterocycles. The average molecular weight is 546 g/mol. The van der Waals surface area contributed by atoms with Gasteiger partial charge in [0.2, 0.25) is 3.79 Å². The number of Topliss-reactive ketones (excluding diaryl/α,β-unsaturated/α-hetero) is 2. The molecule has 0 aliphatic rings. The van der Waals surface area contributed by atoms with Crippen molar-refractivity contribution in [1.82, 2.24) is 0 Å². The summed E-state index contributed by atoms with van der Waals surface area (Å²) in [4.78, 5) is 47.6. The number of ketones is 2. The third-order valence-corrected chi connectivity index (χ3v) is 4.73. The fourth-order valence-corrected chi connectivity index (χ4v) is 2.91. The molecule has 2 aromatic carbocycles. The molecule has 0 spiro atoms. The van der Waals surface area contributed by atoms with Crippen molar-refractivity contribution in [2.45, 2.75) is 36.4 Å². The molecule has 0 radical (unpaired) electrons. The Balaban J connectivity index is 1.71. The smallest absolute Gasteiger partial charge is 0.434 e. The third kappa shape index (κ3) is 11.0. The van der Waals surface area contributed by atoms with E-state index in [4.69, 9.17) is 49.0 Å². The Labute approximate surface area is 217 Å². The van der Waals surface area contributed by atoms with Crippen molar-refractivity contribution < 1.29 is 38.1 Å². The highest BCUT2D eigenvalue weighted by molar-refractivity contribution is 6.67. The molecule has 0 saturated carbocycles. The molecular weight excluding hydrogens is 523 g/mol. The Hall–Kier alpha value is -2.81. The van der Waals surface area contributed by atoms with Gasteiger partial charge in [-0.15, -0.1) is 0 Å². The van der Waals surface area contributed by atoms with Crippen molar-refractivity contribution in [1.29, 1.82) is 0 Å². The standard InChI is InChI=1S/C24H23Cl3O8/c1-2-20(28)16-7-5-9-18(13-16)34-22(30)32-12-4-3-11-21(29)17-8-6-10-19(14-17)35-23(31)33-15-24(25,26)27/h5-10,13-14H,2-4,11-12,15H2,1H3. The lowest BCUT2D eigenvalue weighted by Crippen LogP contribution is -2.19. The molecule has 0 bridgehead atoms. The minimum absolute atomic E-state index is 0.0535. The van der Waals surface area contributed by atoms with Gasteiger partial charge in [0.05, 0.1) is 6.61 Å². The Bertz CT molecular complexity index is 1050. The van der Waals surface area contributed by atoms with Gasteiger partial charge in [-0.1, -0.05) is 66.0 Å². The van der Waals surface area contributed by atoms with Crippen LogP contribution in [0.5, 0.6) is 11.5 Å². The predicted octanol–water partition coefficient (Wildman–Crippen LogP) is 6.73. The maximum Gasteiger partial charge on any atom is 0.513 e. The van der Waals surface area contributed by atoms with Gasteiger partial charge in [-0.05, 0) is 37.1 Å². The molecule has 11 heteroatoms. The van der Waals surface area contributed by atoms with Gasteiger partial charge in [0.1, 0.15) is 18.1 Å². The number of carbonyl (C=O) groups is 4. The van der Waals surface area contributed by atoms with Crippen LogP contribution < -0.4 is 9.47 Å². The zero-order valence-electron chi connectivity index (χ0n) is 18.8. The fourth-order valence-electron chi connectivity index (χ4n) is 2.75. The van der Waals surface area contributed by atoms with Crippen LogP contribution in [0.15, 0.2) is 48.5 Å². The number of hydrogen-bond donors (Lipinski definition) is 0. The number of unbranched alkanes of at least 4 members (excludes halogenated alkanes) is 1. The van der Waals surface area contributed by atoms with E-state index in [9.17, 15) is 19.2 Å². The molecule has 2 aromatic rings. The molecule has 0 heterocycles. The molecule has 35 heavy (non-hydrogen) atoms. The monoisotopic (exact) mass is 544 g/mol. The van der Waals surface area contributed by atoms with Crippen molar-refractivity contribution >= 4 is 58.7 Å². The molecule has 0 fully saturated rings. The topological polar surface area (TPSA) is 105 Å². The Morgan fingerprint density at radius 1 is 0.771 bits per heavy atom. The summed E-state index contributed by atoms with van der Waals surface area (Å²) in [5.41, 5.74) is 0.781. The van der Waals surface area contributed by atoms with Gasteiger partial charge in [0.15, 0.2) is 11.6 Å². The zero-order chi connectivity index (χ0) is 25.8. The van der Waals surface area contributed by atoms with Crippen LogP contribution in [0.2, 0.25) is 0 Å². The minimum atomic E-state index is -1.77. The van der Waals surface area contributed by atoms with Crippen molar-refractivity contribution in [3.05, 3.63) is 59.7 Å². The van der Waals surface area contributed by atoms with Gasteiger partial charge in [-0.3, -0.25) is 9.59 Å². The first-order valence-electron chi connectivity index (χ1n) is 10.6. The summed E-state index contributed by atoms with van der Waals surface area (Å²) in [6.07, 6.45) is -0.578. The van der Waals surface area contributed by atoms with Gasteiger partial charge < -0.3 is 18.9 Å². The lowest BCUT2D eigenvalue weighted by atomic mass is 10.1. The molecule has 188 valence electrons. The normalized spacial score (nSPS) is 10.9. The molecule has 0 aliphatic carbocycles. The van der Waals surface area contributed by atoms with Crippen LogP contribution in [0, 0.1) is 0 Å². The first kappa shape index (κ1) is 28.4. The zero-order valence-corrected chi connectivity index (χ0v) is 21.0. The molecule has 0 unspecified atom stereocenters. The van der Waals surface area contributed by atoms with E-state index in [2.05, 4.69) is 4.74 Å². The minimum Gasteiger partial charge on any atom is -0.434 e. The van der Waals surface area contributed by atoms with Gasteiger partial charge in [-0.25, -0.2) is 9.59 Å². The van der Waals surface area contributed by atoms with Crippen molar-refractivity contribution in [2.24, 2.45) is 0 Å². The van der Waals surface area contributed by atoms with Gasteiger partial charge in [0, 0.05) is 24.0 Å². The number of ether oxygens (including phenoxy) is 4. The van der Waals surface area contributed by atoms with E-state index in [0.29, 0.717) is 30.4 Å². The lowest BCUT2D eigenvalue weighted by molar-refractivity contribution is 0.0928. The van der Waals surface area contributed by atoms with Crippen molar-refractivity contribution in [2.75, 3.05) is 13.2 Å². The van der Waals surface area contributed by atoms with E-state index in [-0.39, 0.29) is 36.1 Å². The molecule has 0 amide bonds. The van der Waals surface area contributed by atoms with Crippen LogP contribution in [-0.2, 0) is 9.47 Å². The van der Waals surface area contributed by atoms with Gasteiger partial charge in [-0.2, -0.15) is 0 Å². The maximum atomic E-state index is 12.4. The molecule has 8 nitrogen and oxygen atoms in total. The number of rotatable bonds is 11. The Kier molecular flexibility index (Phi) is 11.3. The SMILES string of the molecule is CCC(=O)c1cccc(OC(=O)OCCCCC(=O)c2cccc(OC(=O)OCC(Cl)(Cl)Cl)c2)c1. The number of hydrogen-bond acceptors (Lipinski definition) is 8. The van der Waals surface area contributed by atoms with E-state index >= 15 is 0 Å². The van der Waals surface area contributed by atoms with Crippen molar-refractivity contribution in [3.63, 3.8) is 0 Å². The van der Waals surface area contributed by atoms with Gasteiger partial charge in [0.25, 0.3) is 0 Å². The highest BCUT2D eigenvalue weighted by Gasteiger charge is 2.23. The summed E-state index contributed by atoms with van der Waals surface area (Å²) in [6.45, 7) is 1.31. The van der Waals surface area contributed by atoms with Crippen LogP contribution in [0.3, 0.4) is 0 Å². The Morgan fingerprint density at radius 2 is 1.31 bits per heavy atom. The van der Waals surface area contributed by atoms with E-state index in [1.165, 1.54) is 18.2 Å². The molecule has 0 aliphatic heterocycles. The quantitative estimate of drug-likeness (QED) is 0.101. The Morgan fingerprint density at radius 3 is 1.86 bits per heavy atom. The molecule has 0 atom stereocenters. The third-order valence-electron chi connectivity index (χ3n) is 4.41. The maximum absolute atomic E-state index is 12.4. The summed E-state index contributed by atoms with van der Waals surface area (Å²) in [5, 5.41) is 0. The highest BCUT2D eigenvalue weighted by Crippen LogP contribution is 2.26. The van der Waals surface area contributed by atoms with Crippen LogP contribution in [0.25, 0.3) is 0 Å². The van der Waals surface area contributed by atoms with Gasteiger partial charge >= 0.3 is 12.3 Å². The number of halogens is 3. The van der Waals surface area contributed by atoms with Crippen LogP contribution in [-0.4, -0.2) is 40.9 Å². The number of carbonyl (C=O) groups excluding carboxylic acids is 4. The highest BCUT2D eigenvalue weighted by atomic mass is 35.6. The summed E-state index contributed by atoms with van der Waals surface area (Å²) in [7, 11) is 0. The number of alkyl halides is 3. The summed E-state index contributed by atoms with van der Waals surface area (Å²) in [5.74, 6) is 0.0549. The summed E-state index contributed by atoms with van der Waals surface area (Å²) >= 11 is 16.5. The second kappa shape index (κ2) is 13.9. The van der Waals surface area contributed by atoms with E-state index in [1.54, 1.807) is 37.3 Å². The van der Waals surface area contributed by atoms with Crippen molar-refractivity contribution in [3.8, 4) is 11.5 Å². The molecule has 0 saturated heterocycles. The van der Waals surface area contributed by atoms with E-state index < -0.39 is 22.7 Å².